The van der Waals surface area contributed by atoms with Crippen molar-refractivity contribution in [3.8, 4) is 0 Å². The maximum Gasteiger partial charge on any atom is 0.122 e. The molecule has 0 spiro atoms. The Bertz CT molecular complexity index is 321. The normalized spacial score (nSPS) is 29.0. The molecule has 72 valence electrons. The summed E-state index contributed by atoms with van der Waals surface area (Å²) >= 11 is 0. The summed E-state index contributed by atoms with van der Waals surface area (Å²) in [5, 5.41) is 3.29. The molecule has 2 heterocycles. The van der Waals surface area contributed by atoms with Crippen molar-refractivity contribution in [1.29, 1.82) is 0 Å². The van der Waals surface area contributed by atoms with Crippen LogP contribution >= 0.6 is 0 Å². The van der Waals surface area contributed by atoms with E-state index in [9.17, 15) is 4.21 Å². The van der Waals surface area contributed by atoms with Gasteiger partial charge in [-0.1, -0.05) is 0 Å². The fourth-order valence-electron chi connectivity index (χ4n) is 1.50. The summed E-state index contributed by atoms with van der Waals surface area (Å²) < 4.78 is 16.8. The summed E-state index contributed by atoms with van der Waals surface area (Å²) in [6, 6.07) is 4.03. The zero-order chi connectivity index (χ0) is 9.26. The Hall–Kier alpha value is -0.610. The van der Waals surface area contributed by atoms with Crippen molar-refractivity contribution in [2.45, 2.75) is 13.0 Å². The summed E-state index contributed by atoms with van der Waals surface area (Å²) in [5.74, 6) is 3.25. The van der Waals surface area contributed by atoms with Gasteiger partial charge in [-0.3, -0.25) is 4.21 Å². The van der Waals surface area contributed by atoms with Crippen molar-refractivity contribution in [2.24, 2.45) is 0 Å². The summed E-state index contributed by atoms with van der Waals surface area (Å²) in [6.07, 6.45) is 0. The first-order valence-corrected chi connectivity index (χ1v) is 5.89. The lowest BCUT2D eigenvalue weighted by molar-refractivity contribution is 0.418. The Morgan fingerprint density at radius 2 is 2.46 bits per heavy atom. The third kappa shape index (κ3) is 2.00. The van der Waals surface area contributed by atoms with Crippen LogP contribution in [0.4, 0.5) is 0 Å². The monoisotopic (exact) mass is 199 g/mol. The van der Waals surface area contributed by atoms with Gasteiger partial charge in [0.2, 0.25) is 0 Å². The average Bonchev–Trinajstić information content (AvgIpc) is 2.52. The number of hydrogen-bond acceptors (Lipinski definition) is 3. The van der Waals surface area contributed by atoms with Crippen molar-refractivity contribution < 1.29 is 8.63 Å². The van der Waals surface area contributed by atoms with Gasteiger partial charge < -0.3 is 9.73 Å². The summed E-state index contributed by atoms with van der Waals surface area (Å²) in [5.41, 5.74) is 0. The van der Waals surface area contributed by atoms with E-state index in [1.54, 1.807) is 0 Å². The molecule has 1 aromatic rings. The van der Waals surface area contributed by atoms with Gasteiger partial charge in [-0.2, -0.15) is 0 Å². The van der Waals surface area contributed by atoms with Crippen LogP contribution in [0, 0.1) is 6.92 Å². The molecule has 13 heavy (non-hydrogen) atoms. The number of rotatable bonds is 1. The Kier molecular flexibility index (Phi) is 2.51. The molecule has 0 amide bonds. The lowest BCUT2D eigenvalue weighted by atomic mass is 10.2. The average molecular weight is 199 g/mol. The fraction of sp³-hybridized carbons (Fsp3) is 0.556. The van der Waals surface area contributed by atoms with Crippen LogP contribution in [0.1, 0.15) is 17.6 Å². The molecule has 1 saturated heterocycles. The third-order valence-electron chi connectivity index (χ3n) is 2.18. The molecule has 1 fully saturated rings. The first-order chi connectivity index (χ1) is 6.25. The van der Waals surface area contributed by atoms with E-state index in [2.05, 4.69) is 5.32 Å². The summed E-state index contributed by atoms with van der Waals surface area (Å²) in [6.45, 7) is 2.74. The van der Waals surface area contributed by atoms with E-state index >= 15 is 0 Å². The second-order valence-electron chi connectivity index (χ2n) is 3.27. The van der Waals surface area contributed by atoms with Crippen molar-refractivity contribution in [3.05, 3.63) is 23.7 Å². The molecule has 0 aliphatic carbocycles. The van der Waals surface area contributed by atoms with E-state index in [1.165, 1.54) is 0 Å². The number of nitrogens with one attached hydrogen (secondary N) is 1. The molecule has 0 saturated carbocycles. The topological polar surface area (TPSA) is 42.2 Å². The zero-order valence-electron chi connectivity index (χ0n) is 7.58. The standard InChI is InChI=1S/C9H13NO2S/c1-7-2-3-9(12-7)8-6-13(11)5-4-10-8/h2-3,8,10H,4-6H2,1H3. The van der Waals surface area contributed by atoms with Crippen molar-refractivity contribution >= 4 is 10.8 Å². The van der Waals surface area contributed by atoms with E-state index in [-0.39, 0.29) is 6.04 Å². The maximum atomic E-state index is 11.3. The minimum Gasteiger partial charge on any atom is -0.465 e. The highest BCUT2D eigenvalue weighted by molar-refractivity contribution is 7.85. The Labute approximate surface area is 80.0 Å². The first kappa shape index (κ1) is 8.97. The van der Waals surface area contributed by atoms with Gasteiger partial charge in [-0.25, -0.2) is 0 Å². The van der Waals surface area contributed by atoms with Crippen LogP contribution < -0.4 is 5.32 Å². The maximum absolute atomic E-state index is 11.3. The molecule has 0 bridgehead atoms. The zero-order valence-corrected chi connectivity index (χ0v) is 8.39. The lowest BCUT2D eigenvalue weighted by Crippen LogP contribution is -2.35. The number of furan rings is 1. The van der Waals surface area contributed by atoms with Gasteiger partial charge >= 0.3 is 0 Å². The molecule has 1 N–H and O–H groups in total. The van der Waals surface area contributed by atoms with Crippen molar-refractivity contribution in [1.82, 2.24) is 5.32 Å². The van der Waals surface area contributed by atoms with Gasteiger partial charge in [-0.15, -0.1) is 0 Å². The smallest absolute Gasteiger partial charge is 0.122 e. The van der Waals surface area contributed by atoms with Crippen LogP contribution in [-0.4, -0.2) is 22.3 Å². The second kappa shape index (κ2) is 3.64. The molecule has 2 rings (SSSR count). The molecule has 0 aromatic carbocycles. The van der Waals surface area contributed by atoms with Gasteiger partial charge in [0.25, 0.3) is 0 Å². The van der Waals surface area contributed by atoms with Gasteiger partial charge in [0.1, 0.15) is 11.5 Å². The molecule has 2 unspecified atom stereocenters. The van der Waals surface area contributed by atoms with Gasteiger partial charge in [0, 0.05) is 28.9 Å². The molecule has 1 aliphatic rings. The molecule has 3 nitrogen and oxygen atoms in total. The summed E-state index contributed by atoms with van der Waals surface area (Å²) in [4.78, 5) is 0. The van der Waals surface area contributed by atoms with E-state index in [1.807, 2.05) is 19.1 Å². The number of aryl methyl sites for hydroxylation is 1. The van der Waals surface area contributed by atoms with Crippen molar-refractivity contribution in [3.63, 3.8) is 0 Å². The lowest BCUT2D eigenvalue weighted by Gasteiger charge is -2.20. The highest BCUT2D eigenvalue weighted by Gasteiger charge is 2.21. The van der Waals surface area contributed by atoms with Crippen molar-refractivity contribution in [2.75, 3.05) is 18.1 Å². The van der Waals surface area contributed by atoms with Gasteiger partial charge in [0.05, 0.1) is 6.04 Å². The van der Waals surface area contributed by atoms with Crippen LogP contribution in [-0.2, 0) is 10.8 Å². The van der Waals surface area contributed by atoms with E-state index in [0.29, 0.717) is 5.75 Å². The molecule has 2 atom stereocenters. The predicted octanol–water partition coefficient (Wildman–Crippen LogP) is 0.981. The van der Waals surface area contributed by atoms with Crippen LogP contribution in [0.2, 0.25) is 0 Å². The van der Waals surface area contributed by atoms with E-state index in [4.69, 9.17) is 4.42 Å². The molecular formula is C9H13NO2S. The highest BCUT2D eigenvalue weighted by Crippen LogP contribution is 2.19. The highest BCUT2D eigenvalue weighted by atomic mass is 32.2. The van der Waals surface area contributed by atoms with Gasteiger partial charge in [-0.05, 0) is 19.1 Å². The van der Waals surface area contributed by atoms with Crippen LogP contribution in [0.3, 0.4) is 0 Å². The minimum absolute atomic E-state index is 0.142. The molecule has 4 heteroatoms. The Morgan fingerprint density at radius 1 is 1.62 bits per heavy atom. The molecule has 0 radical (unpaired) electrons. The van der Waals surface area contributed by atoms with E-state index < -0.39 is 10.8 Å². The summed E-state index contributed by atoms with van der Waals surface area (Å²) in [7, 11) is -0.684. The molecule has 1 aromatic heterocycles. The van der Waals surface area contributed by atoms with E-state index in [0.717, 1.165) is 23.8 Å². The third-order valence-corrected chi connectivity index (χ3v) is 3.54. The predicted molar refractivity (Wildman–Crippen MR) is 52.1 cm³/mol. The Morgan fingerprint density at radius 3 is 3.08 bits per heavy atom. The number of hydrogen-bond donors (Lipinski definition) is 1. The van der Waals surface area contributed by atoms with Crippen LogP contribution in [0.5, 0.6) is 0 Å². The molecular weight excluding hydrogens is 186 g/mol. The fourth-order valence-corrected chi connectivity index (χ4v) is 2.66. The van der Waals surface area contributed by atoms with Gasteiger partial charge in [0.15, 0.2) is 0 Å². The van der Waals surface area contributed by atoms with Crippen LogP contribution in [0.15, 0.2) is 16.5 Å². The minimum atomic E-state index is -0.684. The first-order valence-electron chi connectivity index (χ1n) is 4.40. The Balaban J connectivity index is 2.12. The largest absolute Gasteiger partial charge is 0.465 e. The molecule has 1 aliphatic heterocycles. The quantitative estimate of drug-likeness (QED) is 0.733. The second-order valence-corrected chi connectivity index (χ2v) is 4.89. The SMILES string of the molecule is Cc1ccc(C2CS(=O)CCN2)o1. The van der Waals surface area contributed by atoms with Crippen LogP contribution in [0.25, 0.3) is 0 Å².